The summed E-state index contributed by atoms with van der Waals surface area (Å²) in [7, 11) is 1.36. The molecule has 0 aromatic heterocycles. The lowest BCUT2D eigenvalue weighted by Crippen LogP contribution is -2.27. The summed E-state index contributed by atoms with van der Waals surface area (Å²) in [5.41, 5.74) is 6.91. The molecule has 5 nitrogen and oxygen atoms in total. The minimum atomic E-state index is -0.292. The van der Waals surface area contributed by atoms with E-state index in [-0.39, 0.29) is 30.8 Å². The van der Waals surface area contributed by atoms with Crippen LogP contribution in [0.4, 0.5) is 0 Å². The van der Waals surface area contributed by atoms with Gasteiger partial charge in [-0.3, -0.25) is 4.79 Å². The Morgan fingerprint density at radius 3 is 2.74 bits per heavy atom. The summed E-state index contributed by atoms with van der Waals surface area (Å²) in [6, 6.07) is 5.46. The molecule has 6 heteroatoms. The van der Waals surface area contributed by atoms with Crippen LogP contribution in [0, 0.1) is 0 Å². The zero-order chi connectivity index (χ0) is 13.0. The number of halogens is 1. The first-order valence-electron chi connectivity index (χ1n) is 5.90. The number of ether oxygens (including phenoxy) is 3. The van der Waals surface area contributed by atoms with Crippen molar-refractivity contribution in [2.75, 3.05) is 20.3 Å². The average molecular weight is 288 g/mol. The summed E-state index contributed by atoms with van der Waals surface area (Å²) in [6.07, 6.45) is 0.816. The van der Waals surface area contributed by atoms with E-state index in [1.165, 1.54) is 7.11 Å². The molecule has 2 rings (SSSR count). The van der Waals surface area contributed by atoms with Gasteiger partial charge in [-0.2, -0.15) is 0 Å². The highest BCUT2D eigenvalue weighted by Crippen LogP contribution is 2.31. The number of rotatable bonds is 4. The van der Waals surface area contributed by atoms with Gasteiger partial charge in [0.05, 0.1) is 13.5 Å². The van der Waals surface area contributed by atoms with E-state index in [1.807, 2.05) is 18.2 Å². The Labute approximate surface area is 118 Å². The molecule has 19 heavy (non-hydrogen) atoms. The number of fused-ring (bicyclic) bond motifs is 1. The summed E-state index contributed by atoms with van der Waals surface area (Å²) < 4.78 is 15.5. The maximum atomic E-state index is 11.1. The highest BCUT2D eigenvalue weighted by molar-refractivity contribution is 5.85. The lowest BCUT2D eigenvalue weighted by Gasteiger charge is -2.19. The van der Waals surface area contributed by atoms with Crippen LogP contribution in [-0.4, -0.2) is 32.3 Å². The van der Waals surface area contributed by atoms with Crippen LogP contribution in [0.2, 0.25) is 0 Å². The molecular formula is C13H18ClNO4. The molecule has 106 valence electrons. The van der Waals surface area contributed by atoms with Crippen molar-refractivity contribution in [2.24, 2.45) is 5.73 Å². The van der Waals surface area contributed by atoms with Crippen molar-refractivity contribution in [2.45, 2.75) is 18.9 Å². The Kier molecular flexibility index (Phi) is 5.92. The molecular weight excluding hydrogens is 270 g/mol. The van der Waals surface area contributed by atoms with Crippen LogP contribution < -0.4 is 15.2 Å². The molecule has 0 fully saturated rings. The van der Waals surface area contributed by atoms with Gasteiger partial charge >= 0.3 is 5.97 Å². The molecule has 1 heterocycles. The van der Waals surface area contributed by atoms with Gasteiger partial charge < -0.3 is 19.9 Å². The molecule has 1 aromatic rings. The normalized spacial score (nSPS) is 14.2. The van der Waals surface area contributed by atoms with E-state index in [0.29, 0.717) is 19.6 Å². The summed E-state index contributed by atoms with van der Waals surface area (Å²) in [4.78, 5) is 11.1. The van der Waals surface area contributed by atoms with E-state index in [9.17, 15) is 4.79 Å². The van der Waals surface area contributed by atoms with Gasteiger partial charge in [-0.15, -0.1) is 12.4 Å². The Hall–Kier alpha value is -1.46. The lowest BCUT2D eigenvalue weighted by molar-refractivity contribution is -0.140. The van der Waals surface area contributed by atoms with Crippen LogP contribution in [0.15, 0.2) is 18.2 Å². The van der Waals surface area contributed by atoms with Crippen LogP contribution in [0.3, 0.4) is 0 Å². The summed E-state index contributed by atoms with van der Waals surface area (Å²) in [5.74, 6) is 1.20. The van der Waals surface area contributed by atoms with Crippen molar-refractivity contribution in [3.63, 3.8) is 0 Å². The van der Waals surface area contributed by atoms with Crippen LogP contribution in [0.5, 0.6) is 11.5 Å². The molecule has 0 spiro atoms. The van der Waals surface area contributed by atoms with Crippen molar-refractivity contribution in [3.05, 3.63) is 23.8 Å². The average Bonchev–Trinajstić information content (AvgIpc) is 2.38. The third-order valence-electron chi connectivity index (χ3n) is 2.76. The third-order valence-corrected chi connectivity index (χ3v) is 2.76. The molecule has 0 saturated carbocycles. The number of hydrogen-bond acceptors (Lipinski definition) is 5. The quantitative estimate of drug-likeness (QED) is 0.846. The van der Waals surface area contributed by atoms with Crippen molar-refractivity contribution in [3.8, 4) is 11.5 Å². The smallest absolute Gasteiger partial charge is 0.307 e. The number of nitrogens with two attached hydrogens (primary N) is 1. The molecule has 1 aromatic carbocycles. The zero-order valence-electron chi connectivity index (χ0n) is 10.8. The Bertz CT molecular complexity index is 439. The summed E-state index contributed by atoms with van der Waals surface area (Å²) in [5, 5.41) is 0. The molecule has 0 aliphatic carbocycles. The van der Waals surface area contributed by atoms with Crippen molar-refractivity contribution >= 4 is 18.4 Å². The Balaban J connectivity index is 0.00000180. The fourth-order valence-corrected chi connectivity index (χ4v) is 1.89. The fourth-order valence-electron chi connectivity index (χ4n) is 1.89. The molecule has 1 aliphatic rings. The van der Waals surface area contributed by atoms with Crippen LogP contribution >= 0.6 is 12.4 Å². The molecule has 2 N–H and O–H groups in total. The maximum Gasteiger partial charge on any atom is 0.307 e. The largest absolute Gasteiger partial charge is 0.486 e. The minimum absolute atomic E-state index is 0. The molecule has 0 bridgehead atoms. The van der Waals surface area contributed by atoms with E-state index in [0.717, 1.165) is 17.1 Å². The molecule has 1 atom stereocenters. The van der Waals surface area contributed by atoms with Gasteiger partial charge in [-0.05, 0) is 24.1 Å². The monoisotopic (exact) mass is 287 g/mol. The van der Waals surface area contributed by atoms with E-state index in [1.54, 1.807) is 0 Å². The Morgan fingerprint density at radius 1 is 1.37 bits per heavy atom. The van der Waals surface area contributed by atoms with Gasteiger partial charge in [0.25, 0.3) is 0 Å². The van der Waals surface area contributed by atoms with Crippen LogP contribution in [0.1, 0.15) is 12.0 Å². The van der Waals surface area contributed by atoms with Gasteiger partial charge in [0.15, 0.2) is 11.5 Å². The topological polar surface area (TPSA) is 70.8 Å². The third kappa shape index (κ3) is 4.29. The minimum Gasteiger partial charge on any atom is -0.486 e. The van der Waals surface area contributed by atoms with E-state index < -0.39 is 0 Å². The number of carbonyl (C=O) groups is 1. The number of methoxy groups -OCH3 is 1. The second-order valence-electron chi connectivity index (χ2n) is 4.22. The first-order chi connectivity index (χ1) is 8.69. The lowest BCUT2D eigenvalue weighted by atomic mass is 10.0. The summed E-state index contributed by atoms with van der Waals surface area (Å²) >= 11 is 0. The molecule has 1 unspecified atom stereocenters. The van der Waals surface area contributed by atoms with Gasteiger partial charge in [0, 0.05) is 6.04 Å². The van der Waals surface area contributed by atoms with Crippen molar-refractivity contribution in [1.82, 2.24) is 0 Å². The van der Waals surface area contributed by atoms with Gasteiger partial charge in [-0.1, -0.05) is 6.07 Å². The second kappa shape index (κ2) is 7.21. The van der Waals surface area contributed by atoms with Gasteiger partial charge in [0.2, 0.25) is 0 Å². The number of benzene rings is 1. The van der Waals surface area contributed by atoms with Crippen LogP contribution in [-0.2, 0) is 16.0 Å². The molecule has 0 saturated heterocycles. The fraction of sp³-hybridized carbons (Fsp3) is 0.462. The maximum absolute atomic E-state index is 11.1. The number of hydrogen-bond donors (Lipinski definition) is 1. The predicted octanol–water partition coefficient (Wildman–Crippen LogP) is 1.31. The Morgan fingerprint density at radius 2 is 2.05 bits per heavy atom. The summed E-state index contributed by atoms with van der Waals surface area (Å²) in [6.45, 7) is 1.14. The van der Waals surface area contributed by atoms with Crippen LogP contribution in [0.25, 0.3) is 0 Å². The van der Waals surface area contributed by atoms with Gasteiger partial charge in [0.1, 0.15) is 13.2 Å². The van der Waals surface area contributed by atoms with E-state index >= 15 is 0 Å². The molecule has 0 amide bonds. The zero-order valence-corrected chi connectivity index (χ0v) is 11.6. The molecule has 0 radical (unpaired) electrons. The SMILES string of the molecule is COC(=O)CC(N)Cc1ccc2c(c1)OCCO2.Cl. The highest BCUT2D eigenvalue weighted by atomic mass is 35.5. The second-order valence-corrected chi connectivity index (χ2v) is 4.22. The highest BCUT2D eigenvalue weighted by Gasteiger charge is 2.14. The first kappa shape index (κ1) is 15.6. The number of esters is 1. The van der Waals surface area contributed by atoms with Crippen molar-refractivity contribution < 1.29 is 19.0 Å². The number of carbonyl (C=O) groups excluding carboxylic acids is 1. The predicted molar refractivity (Wildman–Crippen MR) is 73.0 cm³/mol. The van der Waals surface area contributed by atoms with E-state index in [4.69, 9.17) is 15.2 Å². The standard InChI is InChI=1S/C13H17NO4.ClH/c1-16-13(15)8-10(14)6-9-2-3-11-12(7-9)18-5-4-17-11;/h2-3,7,10H,4-6,8,14H2,1H3;1H. The molecule has 1 aliphatic heterocycles. The van der Waals surface area contributed by atoms with E-state index in [2.05, 4.69) is 4.74 Å². The first-order valence-corrected chi connectivity index (χ1v) is 5.90. The van der Waals surface area contributed by atoms with Crippen molar-refractivity contribution in [1.29, 1.82) is 0 Å². The van der Waals surface area contributed by atoms with Gasteiger partial charge in [-0.25, -0.2) is 0 Å².